The number of nitrogens with one attached hydrogen (secondary N) is 1. The van der Waals surface area contributed by atoms with Gasteiger partial charge in [0.15, 0.2) is 0 Å². The van der Waals surface area contributed by atoms with Crippen LogP contribution in [0.3, 0.4) is 0 Å². The summed E-state index contributed by atoms with van der Waals surface area (Å²) in [6.07, 6.45) is 4.76. The van der Waals surface area contributed by atoms with E-state index in [0.717, 1.165) is 25.7 Å². The molecule has 2 saturated carbocycles. The van der Waals surface area contributed by atoms with Crippen molar-refractivity contribution in [2.24, 2.45) is 11.3 Å². The van der Waals surface area contributed by atoms with Crippen molar-refractivity contribution in [2.45, 2.75) is 44.6 Å². The Morgan fingerprint density at radius 1 is 1.50 bits per heavy atom. The van der Waals surface area contributed by atoms with Gasteiger partial charge in [-0.05, 0) is 44.4 Å². The Hall–Kier alpha value is -1.08. The molecule has 0 spiro atoms. The van der Waals surface area contributed by atoms with Gasteiger partial charge >= 0.3 is 0 Å². The molecule has 0 saturated heterocycles. The molecule has 2 N–H and O–H groups in total. The maximum Gasteiger partial charge on any atom is 0.240 e. The average molecular weight is 222 g/mol. The molecule has 2 rings (SSSR count). The van der Waals surface area contributed by atoms with Crippen molar-refractivity contribution in [3.8, 4) is 6.07 Å². The predicted octanol–water partition coefficient (Wildman–Crippen LogP) is 0.957. The summed E-state index contributed by atoms with van der Waals surface area (Å²) in [5.41, 5.74) is -0.739. The van der Waals surface area contributed by atoms with Crippen LogP contribution in [0.4, 0.5) is 0 Å². The molecule has 1 amide bonds. The first-order valence-corrected chi connectivity index (χ1v) is 6.04. The molecule has 2 atom stereocenters. The summed E-state index contributed by atoms with van der Waals surface area (Å²) in [5.74, 6) is 0.275. The Morgan fingerprint density at radius 3 is 2.69 bits per heavy atom. The number of nitriles is 1. The van der Waals surface area contributed by atoms with Gasteiger partial charge in [0.05, 0.1) is 12.2 Å². The number of carbonyl (C=O) groups excluding carboxylic acids is 1. The highest BCUT2D eigenvalue weighted by Gasteiger charge is 2.44. The topological polar surface area (TPSA) is 73.1 Å². The molecule has 0 aliphatic heterocycles. The predicted molar refractivity (Wildman–Crippen MR) is 58.3 cm³/mol. The number of amides is 1. The van der Waals surface area contributed by atoms with Gasteiger partial charge in [-0.2, -0.15) is 5.26 Å². The number of carbonyl (C=O) groups is 1. The zero-order valence-electron chi connectivity index (χ0n) is 9.41. The molecule has 88 valence electrons. The smallest absolute Gasteiger partial charge is 0.240 e. The second-order valence-corrected chi connectivity index (χ2v) is 5.09. The van der Waals surface area contributed by atoms with Crippen LogP contribution in [0.1, 0.15) is 38.5 Å². The van der Waals surface area contributed by atoms with E-state index in [1.54, 1.807) is 0 Å². The lowest BCUT2D eigenvalue weighted by atomic mass is 9.69. The minimum Gasteiger partial charge on any atom is -0.393 e. The Labute approximate surface area is 95.6 Å². The molecule has 2 aliphatic carbocycles. The Kier molecular flexibility index (Phi) is 3.15. The third-order valence-corrected chi connectivity index (χ3v) is 3.92. The highest BCUT2D eigenvalue weighted by atomic mass is 16.3. The Balaban J connectivity index is 1.78. The summed E-state index contributed by atoms with van der Waals surface area (Å²) >= 11 is 0. The quantitative estimate of drug-likeness (QED) is 0.747. The molecule has 16 heavy (non-hydrogen) atoms. The monoisotopic (exact) mass is 222 g/mol. The molecular formula is C12H18N2O2. The number of hydrogen-bond acceptors (Lipinski definition) is 3. The number of rotatable bonds is 3. The molecule has 0 heterocycles. The first-order chi connectivity index (χ1) is 7.66. The molecule has 2 unspecified atom stereocenters. The first kappa shape index (κ1) is 11.4. The van der Waals surface area contributed by atoms with Crippen molar-refractivity contribution in [3.63, 3.8) is 0 Å². The van der Waals surface area contributed by atoms with Crippen LogP contribution in [-0.4, -0.2) is 23.7 Å². The van der Waals surface area contributed by atoms with E-state index < -0.39 is 5.41 Å². The van der Waals surface area contributed by atoms with Gasteiger partial charge in [-0.3, -0.25) is 4.79 Å². The van der Waals surface area contributed by atoms with Crippen LogP contribution < -0.4 is 5.32 Å². The summed E-state index contributed by atoms with van der Waals surface area (Å²) in [4.78, 5) is 11.8. The van der Waals surface area contributed by atoms with Gasteiger partial charge in [0, 0.05) is 6.54 Å². The van der Waals surface area contributed by atoms with Gasteiger partial charge in [-0.1, -0.05) is 0 Å². The van der Waals surface area contributed by atoms with E-state index in [4.69, 9.17) is 5.26 Å². The van der Waals surface area contributed by atoms with E-state index >= 15 is 0 Å². The minimum atomic E-state index is -0.739. The fourth-order valence-electron chi connectivity index (χ4n) is 2.56. The lowest BCUT2D eigenvalue weighted by molar-refractivity contribution is -0.131. The van der Waals surface area contributed by atoms with Crippen LogP contribution in [0.5, 0.6) is 0 Å². The van der Waals surface area contributed by atoms with E-state index in [2.05, 4.69) is 11.4 Å². The third kappa shape index (κ3) is 2.05. The normalized spacial score (nSPS) is 31.5. The van der Waals surface area contributed by atoms with Crippen LogP contribution >= 0.6 is 0 Å². The summed E-state index contributed by atoms with van der Waals surface area (Å²) in [7, 11) is 0. The van der Waals surface area contributed by atoms with Gasteiger partial charge in [0.25, 0.3) is 0 Å². The van der Waals surface area contributed by atoms with Gasteiger partial charge in [0.1, 0.15) is 5.41 Å². The lowest BCUT2D eigenvalue weighted by Crippen LogP contribution is -2.45. The van der Waals surface area contributed by atoms with Gasteiger partial charge in [0.2, 0.25) is 5.91 Å². The molecule has 0 aromatic carbocycles. The fourth-order valence-corrected chi connectivity index (χ4v) is 2.56. The van der Waals surface area contributed by atoms with Crippen molar-refractivity contribution in [2.75, 3.05) is 6.54 Å². The third-order valence-electron chi connectivity index (χ3n) is 3.92. The van der Waals surface area contributed by atoms with Crippen molar-refractivity contribution in [1.29, 1.82) is 5.26 Å². The fraction of sp³-hybridized carbons (Fsp3) is 0.833. The lowest BCUT2D eigenvalue weighted by Gasteiger charge is -2.33. The second kappa shape index (κ2) is 4.42. The minimum absolute atomic E-state index is 0.109. The SMILES string of the molecule is N#CC1(C(=O)NCC2CCC(O)C2)CCC1. The first-order valence-electron chi connectivity index (χ1n) is 6.04. The second-order valence-electron chi connectivity index (χ2n) is 5.09. The Morgan fingerprint density at radius 2 is 2.25 bits per heavy atom. The molecule has 0 aromatic rings. The standard InChI is InChI=1S/C12H18N2O2/c13-8-12(4-1-5-12)11(16)14-7-9-2-3-10(15)6-9/h9-10,15H,1-7H2,(H,14,16). The van der Waals surface area contributed by atoms with Crippen molar-refractivity contribution in [3.05, 3.63) is 0 Å². The van der Waals surface area contributed by atoms with E-state index in [-0.39, 0.29) is 12.0 Å². The average Bonchev–Trinajstić information content (AvgIpc) is 2.60. The molecule has 0 bridgehead atoms. The van der Waals surface area contributed by atoms with Crippen molar-refractivity contribution >= 4 is 5.91 Å². The summed E-state index contributed by atoms with van der Waals surface area (Å²) in [6.45, 7) is 0.610. The number of hydrogen-bond donors (Lipinski definition) is 2. The molecule has 0 aromatic heterocycles. The van der Waals surface area contributed by atoms with Gasteiger partial charge in [-0.15, -0.1) is 0 Å². The molecule has 4 nitrogen and oxygen atoms in total. The summed E-state index contributed by atoms with van der Waals surface area (Å²) in [5, 5.41) is 21.2. The molecule has 2 fully saturated rings. The highest BCUT2D eigenvalue weighted by Crippen LogP contribution is 2.40. The van der Waals surface area contributed by atoms with E-state index in [0.29, 0.717) is 25.3 Å². The van der Waals surface area contributed by atoms with Gasteiger partial charge in [-0.25, -0.2) is 0 Å². The zero-order chi connectivity index (χ0) is 11.6. The van der Waals surface area contributed by atoms with Crippen LogP contribution in [0.2, 0.25) is 0 Å². The largest absolute Gasteiger partial charge is 0.393 e. The summed E-state index contributed by atoms with van der Waals surface area (Å²) in [6, 6.07) is 2.14. The van der Waals surface area contributed by atoms with Crippen molar-refractivity contribution in [1.82, 2.24) is 5.32 Å². The summed E-state index contributed by atoms with van der Waals surface area (Å²) < 4.78 is 0. The van der Waals surface area contributed by atoms with Crippen LogP contribution in [0.15, 0.2) is 0 Å². The van der Waals surface area contributed by atoms with E-state index in [1.807, 2.05) is 0 Å². The van der Waals surface area contributed by atoms with Crippen LogP contribution in [0, 0.1) is 22.7 Å². The number of nitrogens with zero attached hydrogens (tertiary/aromatic N) is 1. The molecule has 2 aliphatic rings. The maximum atomic E-state index is 11.8. The molecular weight excluding hydrogens is 204 g/mol. The van der Waals surface area contributed by atoms with Crippen LogP contribution in [0.25, 0.3) is 0 Å². The zero-order valence-corrected chi connectivity index (χ0v) is 9.41. The van der Waals surface area contributed by atoms with Crippen LogP contribution in [-0.2, 0) is 4.79 Å². The molecule has 0 radical (unpaired) electrons. The van der Waals surface area contributed by atoms with Crippen molar-refractivity contribution < 1.29 is 9.90 Å². The maximum absolute atomic E-state index is 11.8. The highest BCUT2D eigenvalue weighted by molar-refractivity contribution is 5.86. The number of aliphatic hydroxyl groups is 1. The van der Waals surface area contributed by atoms with E-state index in [9.17, 15) is 9.90 Å². The van der Waals surface area contributed by atoms with E-state index in [1.165, 1.54) is 0 Å². The van der Waals surface area contributed by atoms with Gasteiger partial charge < -0.3 is 10.4 Å². The molecule has 4 heteroatoms. The number of aliphatic hydroxyl groups excluding tert-OH is 1. The Bertz CT molecular complexity index is 317.